The second-order valence-electron chi connectivity index (χ2n) is 8.37. The van der Waals surface area contributed by atoms with Crippen LogP contribution in [-0.4, -0.2) is 0 Å². The summed E-state index contributed by atoms with van der Waals surface area (Å²) in [5.41, 5.74) is 6.53. The molecule has 25 heavy (non-hydrogen) atoms. The Morgan fingerprint density at radius 1 is 1.04 bits per heavy atom. The highest BCUT2D eigenvalue weighted by Gasteiger charge is 2.14. The first-order chi connectivity index (χ1) is 12.0. The summed E-state index contributed by atoms with van der Waals surface area (Å²) in [5.74, 6) is 1.44. The highest BCUT2D eigenvalue weighted by molar-refractivity contribution is 5.36. The monoisotopic (exact) mass is 342 g/mol. The van der Waals surface area contributed by atoms with Crippen molar-refractivity contribution in [2.45, 2.75) is 99.3 Å². The van der Waals surface area contributed by atoms with E-state index in [0.29, 0.717) is 5.92 Å². The SMILES string of the molecule is CC/C=C\C=C(/C)C(C)C/C=C1\CCCCC\C1=C(/C)CCC(C)C. The molecule has 0 heterocycles. The Labute approximate surface area is 158 Å². The minimum atomic E-state index is 0.634. The zero-order valence-corrected chi connectivity index (χ0v) is 17.8. The molecule has 0 bridgehead atoms. The van der Waals surface area contributed by atoms with Gasteiger partial charge in [0.25, 0.3) is 0 Å². The predicted octanol–water partition coefficient (Wildman–Crippen LogP) is 8.57. The molecule has 0 heteroatoms. The molecule has 0 aromatic carbocycles. The average molecular weight is 343 g/mol. The molecule has 0 aromatic rings. The first kappa shape index (κ1) is 22.0. The summed E-state index contributed by atoms with van der Waals surface area (Å²) in [6.45, 7) is 13.9. The van der Waals surface area contributed by atoms with E-state index in [-0.39, 0.29) is 0 Å². The number of hydrogen-bond donors (Lipinski definition) is 0. The van der Waals surface area contributed by atoms with Crippen molar-refractivity contribution in [2.75, 3.05) is 0 Å². The molecule has 1 rings (SSSR count). The molecular formula is C25H42. The van der Waals surface area contributed by atoms with Crippen molar-refractivity contribution in [3.8, 4) is 0 Å². The first-order valence-corrected chi connectivity index (χ1v) is 10.7. The van der Waals surface area contributed by atoms with Crippen molar-refractivity contribution in [1.29, 1.82) is 0 Å². The molecule has 0 aromatic heterocycles. The van der Waals surface area contributed by atoms with Gasteiger partial charge >= 0.3 is 0 Å². The number of rotatable bonds is 8. The Morgan fingerprint density at radius 3 is 2.44 bits per heavy atom. The molecule has 0 spiro atoms. The van der Waals surface area contributed by atoms with Crippen LogP contribution in [-0.2, 0) is 0 Å². The Balaban J connectivity index is 2.85. The summed E-state index contributed by atoms with van der Waals surface area (Å²) in [4.78, 5) is 0. The highest BCUT2D eigenvalue weighted by atomic mass is 14.2. The van der Waals surface area contributed by atoms with Crippen molar-refractivity contribution in [1.82, 2.24) is 0 Å². The van der Waals surface area contributed by atoms with Crippen LogP contribution in [0.4, 0.5) is 0 Å². The van der Waals surface area contributed by atoms with E-state index in [2.05, 4.69) is 65.8 Å². The van der Waals surface area contributed by atoms with Crippen molar-refractivity contribution in [2.24, 2.45) is 11.8 Å². The van der Waals surface area contributed by atoms with Gasteiger partial charge in [0.2, 0.25) is 0 Å². The fourth-order valence-electron chi connectivity index (χ4n) is 3.50. The lowest BCUT2D eigenvalue weighted by molar-refractivity contribution is 0.582. The van der Waals surface area contributed by atoms with Crippen LogP contribution < -0.4 is 0 Å². The van der Waals surface area contributed by atoms with Crippen LogP contribution in [0.3, 0.4) is 0 Å². The van der Waals surface area contributed by atoms with Crippen molar-refractivity contribution in [3.63, 3.8) is 0 Å². The van der Waals surface area contributed by atoms with Crippen molar-refractivity contribution >= 4 is 0 Å². The summed E-state index contributed by atoms with van der Waals surface area (Å²) >= 11 is 0. The molecule has 1 aliphatic carbocycles. The molecule has 1 atom stereocenters. The van der Waals surface area contributed by atoms with E-state index in [4.69, 9.17) is 0 Å². The van der Waals surface area contributed by atoms with Crippen LogP contribution >= 0.6 is 0 Å². The lowest BCUT2D eigenvalue weighted by Gasteiger charge is -2.16. The van der Waals surface area contributed by atoms with Gasteiger partial charge in [0.05, 0.1) is 0 Å². The zero-order valence-electron chi connectivity index (χ0n) is 17.8. The minimum Gasteiger partial charge on any atom is -0.0848 e. The summed E-state index contributed by atoms with van der Waals surface area (Å²) in [5, 5.41) is 0. The quantitative estimate of drug-likeness (QED) is 0.306. The van der Waals surface area contributed by atoms with Gasteiger partial charge in [-0.2, -0.15) is 0 Å². The van der Waals surface area contributed by atoms with Crippen molar-refractivity contribution in [3.05, 3.63) is 46.6 Å². The zero-order chi connectivity index (χ0) is 18.7. The van der Waals surface area contributed by atoms with Crippen LogP contribution in [0.25, 0.3) is 0 Å². The second-order valence-corrected chi connectivity index (χ2v) is 8.37. The van der Waals surface area contributed by atoms with Crippen LogP contribution in [0.15, 0.2) is 46.6 Å². The van der Waals surface area contributed by atoms with E-state index in [1.165, 1.54) is 56.9 Å². The van der Waals surface area contributed by atoms with E-state index < -0.39 is 0 Å². The third kappa shape index (κ3) is 8.75. The Kier molecular flexibility index (Phi) is 10.9. The Bertz CT molecular complexity index is 496. The molecule has 0 saturated heterocycles. The van der Waals surface area contributed by atoms with E-state index >= 15 is 0 Å². The molecule has 1 saturated carbocycles. The van der Waals surface area contributed by atoms with E-state index in [0.717, 1.165) is 12.3 Å². The van der Waals surface area contributed by atoms with Gasteiger partial charge in [0.1, 0.15) is 0 Å². The maximum atomic E-state index is 2.57. The van der Waals surface area contributed by atoms with Gasteiger partial charge in [-0.25, -0.2) is 0 Å². The number of allylic oxidation sites excluding steroid dienone is 8. The van der Waals surface area contributed by atoms with Crippen LogP contribution in [0.5, 0.6) is 0 Å². The lowest BCUT2D eigenvalue weighted by Crippen LogP contribution is -1.99. The molecule has 1 fully saturated rings. The van der Waals surface area contributed by atoms with E-state index in [9.17, 15) is 0 Å². The van der Waals surface area contributed by atoms with Crippen LogP contribution in [0.1, 0.15) is 99.3 Å². The smallest absolute Gasteiger partial charge is 0.0197 e. The minimum absolute atomic E-state index is 0.634. The molecule has 0 nitrogen and oxygen atoms in total. The summed E-state index contributed by atoms with van der Waals surface area (Å²) in [6.07, 6.45) is 21.0. The Hall–Kier alpha value is -1.04. The molecular weight excluding hydrogens is 300 g/mol. The maximum absolute atomic E-state index is 2.57. The standard InChI is InChI=1S/C25H42/c1-7-8-10-13-21(4)22(5)18-19-24-14-11-9-12-15-25(24)23(6)17-16-20(2)3/h8,10,13,19-20,22H,7,9,11-12,14-18H2,1-6H3/b10-8-,21-13+,24-19+,25-23-. The van der Waals surface area contributed by atoms with E-state index in [1.807, 2.05) is 0 Å². The molecule has 0 radical (unpaired) electrons. The van der Waals surface area contributed by atoms with Gasteiger partial charge in [-0.1, -0.05) is 69.6 Å². The summed E-state index contributed by atoms with van der Waals surface area (Å²) < 4.78 is 0. The third-order valence-electron chi connectivity index (χ3n) is 5.60. The van der Waals surface area contributed by atoms with Gasteiger partial charge < -0.3 is 0 Å². The Morgan fingerprint density at radius 2 is 1.76 bits per heavy atom. The van der Waals surface area contributed by atoms with Gasteiger partial charge in [-0.15, -0.1) is 0 Å². The molecule has 0 amide bonds. The van der Waals surface area contributed by atoms with Gasteiger partial charge in [-0.3, -0.25) is 0 Å². The lowest BCUT2D eigenvalue weighted by atomic mass is 9.90. The van der Waals surface area contributed by atoms with Gasteiger partial charge in [-0.05, 0) is 88.2 Å². The molecule has 1 aliphatic rings. The predicted molar refractivity (Wildman–Crippen MR) is 115 cm³/mol. The highest BCUT2D eigenvalue weighted by Crippen LogP contribution is 2.33. The number of hydrogen-bond acceptors (Lipinski definition) is 0. The van der Waals surface area contributed by atoms with Crippen molar-refractivity contribution < 1.29 is 0 Å². The topological polar surface area (TPSA) is 0 Å². The summed E-state index contributed by atoms with van der Waals surface area (Å²) in [7, 11) is 0. The molecule has 1 unspecified atom stereocenters. The summed E-state index contributed by atoms with van der Waals surface area (Å²) in [6, 6.07) is 0. The largest absolute Gasteiger partial charge is 0.0848 e. The molecule has 0 aliphatic heterocycles. The van der Waals surface area contributed by atoms with E-state index in [1.54, 1.807) is 16.7 Å². The average Bonchev–Trinajstić information content (AvgIpc) is 2.83. The van der Waals surface area contributed by atoms with Crippen LogP contribution in [0, 0.1) is 11.8 Å². The van der Waals surface area contributed by atoms with Gasteiger partial charge in [0.15, 0.2) is 0 Å². The second kappa shape index (κ2) is 12.3. The maximum Gasteiger partial charge on any atom is -0.0197 e. The fraction of sp³-hybridized carbons (Fsp3) is 0.680. The van der Waals surface area contributed by atoms with Gasteiger partial charge in [0, 0.05) is 0 Å². The normalized spacial score (nSPS) is 21.9. The van der Waals surface area contributed by atoms with Crippen LogP contribution in [0.2, 0.25) is 0 Å². The third-order valence-corrected chi connectivity index (χ3v) is 5.60. The fourth-order valence-corrected chi connectivity index (χ4v) is 3.50. The molecule has 0 N–H and O–H groups in total. The molecule has 142 valence electrons. The first-order valence-electron chi connectivity index (χ1n) is 10.7.